The first-order valence-electron chi connectivity index (χ1n) is 8.11. The predicted octanol–water partition coefficient (Wildman–Crippen LogP) is 5.14. The SMILES string of the molecule is CCCCC/C(=N/OC(=O)c1cccc(C)c1)c1ccccc1. The Balaban J connectivity index is 2.11. The van der Waals surface area contributed by atoms with Gasteiger partial charge in [-0.15, -0.1) is 0 Å². The van der Waals surface area contributed by atoms with E-state index < -0.39 is 5.97 Å². The van der Waals surface area contributed by atoms with Crippen molar-refractivity contribution in [1.29, 1.82) is 0 Å². The molecule has 0 fully saturated rings. The zero-order valence-corrected chi connectivity index (χ0v) is 13.8. The third kappa shape index (κ3) is 5.37. The normalized spacial score (nSPS) is 11.3. The molecule has 2 rings (SSSR count). The second-order valence-corrected chi connectivity index (χ2v) is 5.61. The number of aryl methyl sites for hydroxylation is 1. The van der Waals surface area contributed by atoms with Crippen molar-refractivity contribution in [2.45, 2.75) is 39.5 Å². The first kappa shape index (κ1) is 16.9. The number of carbonyl (C=O) groups excluding carboxylic acids is 1. The smallest absolute Gasteiger partial charge is 0.313 e. The Morgan fingerprint density at radius 1 is 1.00 bits per heavy atom. The summed E-state index contributed by atoms with van der Waals surface area (Å²) >= 11 is 0. The second-order valence-electron chi connectivity index (χ2n) is 5.61. The molecule has 0 aromatic heterocycles. The van der Waals surface area contributed by atoms with E-state index >= 15 is 0 Å². The number of rotatable bonds is 7. The van der Waals surface area contributed by atoms with E-state index in [1.807, 2.05) is 49.4 Å². The lowest BCUT2D eigenvalue weighted by Gasteiger charge is -2.06. The van der Waals surface area contributed by atoms with Crippen molar-refractivity contribution in [3.8, 4) is 0 Å². The highest BCUT2D eigenvalue weighted by atomic mass is 16.7. The van der Waals surface area contributed by atoms with Crippen molar-refractivity contribution in [3.05, 3.63) is 71.3 Å². The summed E-state index contributed by atoms with van der Waals surface area (Å²) < 4.78 is 0. The van der Waals surface area contributed by atoms with Gasteiger partial charge in [0.25, 0.3) is 0 Å². The van der Waals surface area contributed by atoms with Crippen LogP contribution in [0.5, 0.6) is 0 Å². The number of benzene rings is 2. The Hall–Kier alpha value is -2.42. The monoisotopic (exact) mass is 309 g/mol. The summed E-state index contributed by atoms with van der Waals surface area (Å²) in [5, 5.41) is 4.14. The van der Waals surface area contributed by atoms with Crippen LogP contribution in [0.4, 0.5) is 0 Å². The molecule has 2 aromatic rings. The molecule has 0 unspecified atom stereocenters. The molecular formula is C20H23NO2. The maximum absolute atomic E-state index is 12.1. The van der Waals surface area contributed by atoms with Gasteiger partial charge in [-0.2, -0.15) is 0 Å². The van der Waals surface area contributed by atoms with E-state index in [-0.39, 0.29) is 0 Å². The van der Waals surface area contributed by atoms with E-state index in [0.717, 1.165) is 42.5 Å². The molecule has 0 spiro atoms. The number of carbonyl (C=O) groups is 1. The Kier molecular flexibility index (Phi) is 6.55. The van der Waals surface area contributed by atoms with E-state index in [4.69, 9.17) is 4.84 Å². The number of hydrogen-bond donors (Lipinski definition) is 0. The summed E-state index contributed by atoms with van der Waals surface area (Å²) in [6.07, 6.45) is 4.12. The van der Waals surface area contributed by atoms with Crippen molar-refractivity contribution in [2.24, 2.45) is 5.16 Å². The molecule has 23 heavy (non-hydrogen) atoms. The molecule has 0 aliphatic rings. The first-order chi connectivity index (χ1) is 11.2. The van der Waals surface area contributed by atoms with Crippen molar-refractivity contribution in [3.63, 3.8) is 0 Å². The number of nitrogens with zero attached hydrogens (tertiary/aromatic N) is 1. The van der Waals surface area contributed by atoms with Crippen LogP contribution >= 0.6 is 0 Å². The van der Waals surface area contributed by atoms with Gasteiger partial charge in [-0.3, -0.25) is 0 Å². The van der Waals surface area contributed by atoms with Gasteiger partial charge in [-0.05, 0) is 37.5 Å². The van der Waals surface area contributed by atoms with Crippen LogP contribution in [0.15, 0.2) is 59.8 Å². The van der Waals surface area contributed by atoms with E-state index in [1.54, 1.807) is 12.1 Å². The van der Waals surface area contributed by atoms with E-state index in [9.17, 15) is 4.79 Å². The molecule has 3 nitrogen and oxygen atoms in total. The van der Waals surface area contributed by atoms with Gasteiger partial charge in [0.15, 0.2) is 0 Å². The van der Waals surface area contributed by atoms with E-state index in [1.165, 1.54) is 0 Å². The Bertz CT molecular complexity index is 662. The molecular weight excluding hydrogens is 286 g/mol. The summed E-state index contributed by atoms with van der Waals surface area (Å²) in [6, 6.07) is 17.2. The largest absolute Gasteiger partial charge is 0.365 e. The average Bonchev–Trinajstić information content (AvgIpc) is 2.58. The standard InChI is InChI=1S/C20H23NO2/c1-3-4-6-14-19(17-11-7-5-8-12-17)21-23-20(22)18-13-9-10-16(2)15-18/h5,7-13,15H,3-4,6,14H2,1-2H3/b21-19-. The number of oxime groups is 1. The highest BCUT2D eigenvalue weighted by Gasteiger charge is 2.09. The summed E-state index contributed by atoms with van der Waals surface area (Å²) in [5.74, 6) is -0.419. The predicted molar refractivity (Wildman–Crippen MR) is 93.7 cm³/mol. The van der Waals surface area contributed by atoms with Crippen molar-refractivity contribution in [2.75, 3.05) is 0 Å². The zero-order valence-electron chi connectivity index (χ0n) is 13.8. The molecule has 120 valence electrons. The third-order valence-corrected chi connectivity index (χ3v) is 3.62. The van der Waals surface area contributed by atoms with Crippen molar-refractivity contribution in [1.82, 2.24) is 0 Å². The van der Waals surface area contributed by atoms with E-state index in [0.29, 0.717) is 5.56 Å². The summed E-state index contributed by atoms with van der Waals surface area (Å²) in [4.78, 5) is 17.3. The van der Waals surface area contributed by atoms with Crippen LogP contribution in [0.3, 0.4) is 0 Å². The van der Waals surface area contributed by atoms with Gasteiger partial charge in [0.05, 0.1) is 11.3 Å². The summed E-state index contributed by atoms with van der Waals surface area (Å²) in [5.41, 5.74) is 3.37. The molecule has 0 aliphatic heterocycles. The molecule has 3 heteroatoms. The van der Waals surface area contributed by atoms with Gasteiger partial charge in [-0.25, -0.2) is 4.79 Å². The van der Waals surface area contributed by atoms with Gasteiger partial charge in [0, 0.05) is 0 Å². The van der Waals surface area contributed by atoms with Crippen LogP contribution in [0.2, 0.25) is 0 Å². The Labute approximate surface area is 138 Å². The maximum atomic E-state index is 12.1. The van der Waals surface area contributed by atoms with Gasteiger partial charge < -0.3 is 4.84 Å². The molecule has 0 heterocycles. The highest BCUT2D eigenvalue weighted by Crippen LogP contribution is 2.11. The van der Waals surface area contributed by atoms with Gasteiger partial charge in [-0.1, -0.05) is 72.9 Å². The maximum Gasteiger partial charge on any atom is 0.365 e. The molecule has 0 saturated carbocycles. The molecule has 0 N–H and O–H groups in total. The van der Waals surface area contributed by atoms with Gasteiger partial charge in [0.2, 0.25) is 0 Å². The minimum absolute atomic E-state index is 0.419. The zero-order chi connectivity index (χ0) is 16.5. The lowest BCUT2D eigenvalue weighted by molar-refractivity contribution is 0.0515. The van der Waals surface area contributed by atoms with E-state index in [2.05, 4.69) is 12.1 Å². The quantitative estimate of drug-likeness (QED) is 0.307. The fourth-order valence-corrected chi connectivity index (χ4v) is 2.34. The van der Waals surface area contributed by atoms with Crippen molar-refractivity contribution < 1.29 is 9.63 Å². The van der Waals surface area contributed by atoms with Gasteiger partial charge in [0.1, 0.15) is 0 Å². The highest BCUT2D eigenvalue weighted by molar-refractivity contribution is 6.01. The lowest BCUT2D eigenvalue weighted by atomic mass is 10.0. The molecule has 0 amide bonds. The van der Waals surface area contributed by atoms with Crippen LogP contribution in [-0.4, -0.2) is 11.7 Å². The average molecular weight is 309 g/mol. The van der Waals surface area contributed by atoms with Crippen LogP contribution < -0.4 is 0 Å². The minimum atomic E-state index is -0.419. The van der Waals surface area contributed by atoms with Gasteiger partial charge >= 0.3 is 5.97 Å². The third-order valence-electron chi connectivity index (χ3n) is 3.62. The van der Waals surface area contributed by atoms with Crippen LogP contribution in [0, 0.1) is 6.92 Å². The van der Waals surface area contributed by atoms with Crippen LogP contribution in [0.25, 0.3) is 0 Å². The Morgan fingerprint density at radius 3 is 2.43 bits per heavy atom. The number of unbranched alkanes of at least 4 members (excludes halogenated alkanes) is 2. The molecule has 0 bridgehead atoms. The van der Waals surface area contributed by atoms with Crippen molar-refractivity contribution >= 4 is 11.7 Å². The minimum Gasteiger partial charge on any atom is -0.313 e. The summed E-state index contributed by atoms with van der Waals surface area (Å²) in [7, 11) is 0. The topological polar surface area (TPSA) is 38.7 Å². The fourth-order valence-electron chi connectivity index (χ4n) is 2.34. The Morgan fingerprint density at radius 2 is 1.74 bits per heavy atom. The fraction of sp³-hybridized carbons (Fsp3) is 0.300. The molecule has 2 aromatic carbocycles. The number of hydrogen-bond acceptors (Lipinski definition) is 3. The molecule has 0 atom stereocenters. The molecule has 0 radical (unpaired) electrons. The van der Waals surface area contributed by atoms with Crippen LogP contribution in [-0.2, 0) is 4.84 Å². The summed E-state index contributed by atoms with van der Waals surface area (Å²) in [6.45, 7) is 4.11. The molecule has 0 saturated heterocycles. The first-order valence-corrected chi connectivity index (χ1v) is 8.11. The molecule has 0 aliphatic carbocycles. The second kappa shape index (κ2) is 8.89. The van der Waals surface area contributed by atoms with Crippen LogP contribution in [0.1, 0.15) is 54.1 Å². The lowest BCUT2D eigenvalue weighted by Crippen LogP contribution is -2.06.